The van der Waals surface area contributed by atoms with Crippen molar-refractivity contribution in [2.75, 3.05) is 37.4 Å². The van der Waals surface area contributed by atoms with Crippen LogP contribution in [-0.2, 0) is 11.3 Å². The standard InChI is InChI=1S/C18H27N7O/c19-16-13-25(23-18(16)22-12-17-20-6-1-7-21-17)15-4-2-14(3-5-15)24-8-10-26-11-9-24/h1,6-7,13-15H,2-5,8-12,19H2,(H,22,23). The quantitative estimate of drug-likeness (QED) is 0.841. The van der Waals surface area contributed by atoms with E-state index in [0.29, 0.717) is 30.1 Å². The van der Waals surface area contributed by atoms with Crippen molar-refractivity contribution in [3.8, 4) is 0 Å². The highest BCUT2D eigenvalue weighted by atomic mass is 16.5. The molecule has 0 radical (unpaired) electrons. The van der Waals surface area contributed by atoms with E-state index in [9.17, 15) is 0 Å². The Hall–Kier alpha value is -2.19. The van der Waals surface area contributed by atoms with Crippen LogP contribution in [0.25, 0.3) is 0 Å². The molecule has 1 saturated heterocycles. The molecule has 0 aromatic carbocycles. The van der Waals surface area contributed by atoms with Crippen LogP contribution >= 0.6 is 0 Å². The summed E-state index contributed by atoms with van der Waals surface area (Å²) in [4.78, 5) is 11.0. The van der Waals surface area contributed by atoms with Gasteiger partial charge in [0.25, 0.3) is 0 Å². The molecule has 2 aliphatic rings. The molecule has 140 valence electrons. The second-order valence-corrected chi connectivity index (χ2v) is 7.04. The number of rotatable bonds is 5. The van der Waals surface area contributed by atoms with Crippen LogP contribution in [0.4, 0.5) is 11.5 Å². The maximum Gasteiger partial charge on any atom is 0.171 e. The van der Waals surface area contributed by atoms with E-state index in [4.69, 9.17) is 10.5 Å². The van der Waals surface area contributed by atoms with E-state index in [1.54, 1.807) is 18.5 Å². The molecule has 0 atom stereocenters. The van der Waals surface area contributed by atoms with Crippen molar-refractivity contribution in [1.29, 1.82) is 0 Å². The largest absolute Gasteiger partial charge is 0.394 e. The Balaban J connectivity index is 1.32. The molecule has 3 N–H and O–H groups in total. The van der Waals surface area contributed by atoms with Gasteiger partial charge in [-0.1, -0.05) is 0 Å². The smallest absolute Gasteiger partial charge is 0.171 e. The SMILES string of the molecule is Nc1cn(C2CCC(N3CCOCC3)CC2)nc1NCc1ncccn1. The maximum atomic E-state index is 6.15. The molecule has 1 aliphatic heterocycles. The Morgan fingerprint density at radius 3 is 2.50 bits per heavy atom. The number of nitrogens with two attached hydrogens (primary N) is 1. The number of hydrogen-bond donors (Lipinski definition) is 2. The van der Waals surface area contributed by atoms with E-state index in [1.807, 2.05) is 10.9 Å². The van der Waals surface area contributed by atoms with Crippen molar-refractivity contribution in [1.82, 2.24) is 24.6 Å². The van der Waals surface area contributed by atoms with Gasteiger partial charge in [0.1, 0.15) is 5.82 Å². The third-order valence-electron chi connectivity index (χ3n) is 5.40. The van der Waals surface area contributed by atoms with Crippen LogP contribution < -0.4 is 11.1 Å². The Morgan fingerprint density at radius 1 is 1.08 bits per heavy atom. The van der Waals surface area contributed by atoms with Crippen LogP contribution in [0.3, 0.4) is 0 Å². The molecule has 2 aromatic heterocycles. The third kappa shape index (κ3) is 3.96. The number of anilines is 2. The van der Waals surface area contributed by atoms with E-state index in [1.165, 1.54) is 12.8 Å². The molecule has 2 aromatic rings. The molecule has 8 nitrogen and oxygen atoms in total. The molecule has 0 spiro atoms. The van der Waals surface area contributed by atoms with Crippen LogP contribution in [0.2, 0.25) is 0 Å². The molecule has 3 heterocycles. The molecule has 1 aliphatic carbocycles. The molecule has 2 fully saturated rings. The lowest BCUT2D eigenvalue weighted by molar-refractivity contribution is 0.00508. The molecule has 8 heteroatoms. The van der Waals surface area contributed by atoms with Crippen molar-refractivity contribution in [3.05, 3.63) is 30.5 Å². The molecule has 0 unspecified atom stereocenters. The Labute approximate surface area is 153 Å². The monoisotopic (exact) mass is 357 g/mol. The van der Waals surface area contributed by atoms with E-state index in [-0.39, 0.29) is 0 Å². The minimum Gasteiger partial charge on any atom is -0.394 e. The van der Waals surface area contributed by atoms with Gasteiger partial charge in [-0.2, -0.15) is 5.10 Å². The predicted octanol–water partition coefficient (Wildman–Crippen LogP) is 1.68. The molecule has 1 saturated carbocycles. The highest BCUT2D eigenvalue weighted by Crippen LogP contribution is 2.32. The second-order valence-electron chi connectivity index (χ2n) is 7.04. The lowest BCUT2D eigenvalue weighted by Crippen LogP contribution is -2.45. The molecular formula is C18H27N7O. The fourth-order valence-electron chi connectivity index (χ4n) is 3.94. The highest BCUT2D eigenvalue weighted by molar-refractivity contribution is 5.59. The number of hydrogen-bond acceptors (Lipinski definition) is 7. The summed E-state index contributed by atoms with van der Waals surface area (Å²) < 4.78 is 7.51. The van der Waals surface area contributed by atoms with Crippen molar-refractivity contribution in [2.45, 2.75) is 44.3 Å². The highest BCUT2D eigenvalue weighted by Gasteiger charge is 2.28. The minimum atomic E-state index is 0.429. The predicted molar refractivity (Wildman–Crippen MR) is 99.7 cm³/mol. The van der Waals surface area contributed by atoms with Crippen molar-refractivity contribution in [2.24, 2.45) is 0 Å². The van der Waals surface area contributed by atoms with Crippen LogP contribution in [0.5, 0.6) is 0 Å². The van der Waals surface area contributed by atoms with Gasteiger partial charge in [-0.3, -0.25) is 9.58 Å². The Kier molecular flexibility index (Phi) is 5.31. The van der Waals surface area contributed by atoms with Gasteiger partial charge in [-0.15, -0.1) is 0 Å². The normalized spacial score (nSPS) is 24.5. The average Bonchev–Trinajstić information content (AvgIpc) is 3.09. The lowest BCUT2D eigenvalue weighted by Gasteiger charge is -2.38. The van der Waals surface area contributed by atoms with E-state index < -0.39 is 0 Å². The first-order chi connectivity index (χ1) is 12.8. The lowest BCUT2D eigenvalue weighted by atomic mass is 9.90. The summed E-state index contributed by atoms with van der Waals surface area (Å²) >= 11 is 0. The first kappa shape index (κ1) is 17.2. The van der Waals surface area contributed by atoms with E-state index in [2.05, 4.69) is 25.3 Å². The molecule has 0 amide bonds. The molecule has 0 bridgehead atoms. The zero-order valence-corrected chi connectivity index (χ0v) is 15.0. The van der Waals surface area contributed by atoms with Gasteiger partial charge in [0.2, 0.25) is 0 Å². The number of nitrogens with one attached hydrogen (secondary N) is 1. The summed E-state index contributed by atoms with van der Waals surface area (Å²) in [7, 11) is 0. The van der Waals surface area contributed by atoms with E-state index in [0.717, 1.165) is 45.0 Å². The summed E-state index contributed by atoms with van der Waals surface area (Å²) in [5.41, 5.74) is 6.82. The maximum absolute atomic E-state index is 6.15. The van der Waals surface area contributed by atoms with Crippen LogP contribution in [0.1, 0.15) is 37.5 Å². The Bertz CT molecular complexity index is 691. The van der Waals surface area contributed by atoms with Crippen LogP contribution in [0, 0.1) is 0 Å². The zero-order chi connectivity index (χ0) is 17.8. The van der Waals surface area contributed by atoms with Crippen molar-refractivity contribution < 1.29 is 4.74 Å². The van der Waals surface area contributed by atoms with Crippen LogP contribution in [0.15, 0.2) is 24.7 Å². The second kappa shape index (κ2) is 8.01. The number of ether oxygens (including phenoxy) is 1. The number of morpholine rings is 1. The Morgan fingerprint density at radius 2 is 1.77 bits per heavy atom. The third-order valence-corrected chi connectivity index (χ3v) is 5.40. The summed E-state index contributed by atoms with van der Waals surface area (Å²) in [6.07, 6.45) is 10.1. The first-order valence-corrected chi connectivity index (χ1v) is 9.46. The van der Waals surface area contributed by atoms with Gasteiger partial charge in [-0.05, 0) is 31.7 Å². The van der Waals surface area contributed by atoms with Crippen molar-refractivity contribution >= 4 is 11.5 Å². The van der Waals surface area contributed by atoms with Crippen molar-refractivity contribution in [3.63, 3.8) is 0 Å². The van der Waals surface area contributed by atoms with Gasteiger partial charge < -0.3 is 15.8 Å². The summed E-state index contributed by atoms with van der Waals surface area (Å²) in [6, 6.07) is 2.92. The van der Waals surface area contributed by atoms with Gasteiger partial charge in [0, 0.05) is 31.5 Å². The first-order valence-electron chi connectivity index (χ1n) is 9.46. The number of aromatic nitrogens is 4. The minimum absolute atomic E-state index is 0.429. The number of nitrogen functional groups attached to an aromatic ring is 1. The number of nitrogens with zero attached hydrogens (tertiary/aromatic N) is 5. The van der Waals surface area contributed by atoms with Gasteiger partial charge in [0.15, 0.2) is 5.82 Å². The average molecular weight is 357 g/mol. The zero-order valence-electron chi connectivity index (χ0n) is 15.0. The summed E-state index contributed by atoms with van der Waals surface area (Å²) in [5, 5.41) is 7.92. The van der Waals surface area contributed by atoms with Gasteiger partial charge in [-0.25, -0.2) is 9.97 Å². The van der Waals surface area contributed by atoms with Gasteiger partial charge in [0.05, 0.1) is 37.7 Å². The summed E-state index contributed by atoms with van der Waals surface area (Å²) in [5.74, 6) is 1.44. The fraction of sp³-hybridized carbons (Fsp3) is 0.611. The van der Waals surface area contributed by atoms with E-state index >= 15 is 0 Å². The molecular weight excluding hydrogens is 330 g/mol. The molecule has 26 heavy (non-hydrogen) atoms. The summed E-state index contributed by atoms with van der Waals surface area (Å²) in [6.45, 7) is 4.40. The van der Waals surface area contributed by atoms with Crippen LogP contribution in [-0.4, -0.2) is 57.0 Å². The fourth-order valence-corrected chi connectivity index (χ4v) is 3.94. The molecule has 4 rings (SSSR count). The van der Waals surface area contributed by atoms with Gasteiger partial charge >= 0.3 is 0 Å². The topological polar surface area (TPSA) is 94.1 Å².